The fourth-order valence-electron chi connectivity index (χ4n) is 1.08. The number of benzene rings is 1. The van der Waals surface area contributed by atoms with E-state index in [9.17, 15) is 9.18 Å². The summed E-state index contributed by atoms with van der Waals surface area (Å²) in [5, 5.41) is 0. The van der Waals surface area contributed by atoms with Crippen LogP contribution >= 0.6 is 47.8 Å². The minimum absolute atomic E-state index is 0.0700. The van der Waals surface area contributed by atoms with E-state index in [-0.39, 0.29) is 9.30 Å². The zero-order valence-electron chi connectivity index (χ0n) is 7.56. The molecule has 0 bridgehead atoms. The number of rotatable bonds is 2. The van der Waals surface area contributed by atoms with Crippen molar-refractivity contribution < 1.29 is 13.9 Å². The summed E-state index contributed by atoms with van der Waals surface area (Å²) in [7, 11) is 1.21. The van der Waals surface area contributed by atoms with Crippen molar-refractivity contribution in [3.63, 3.8) is 0 Å². The lowest BCUT2D eigenvalue weighted by Crippen LogP contribution is -2.08. The molecule has 0 atom stereocenters. The molecule has 0 aliphatic carbocycles. The van der Waals surface area contributed by atoms with Crippen LogP contribution in [0.4, 0.5) is 4.39 Å². The Labute approximate surface area is 112 Å². The standard InChI is InChI=1S/C9H6Br3FO2/c1-15-9(14)7-5(8(11)12)2-4(10)3-6(7)13/h2-3,8H,1H3. The van der Waals surface area contributed by atoms with E-state index in [1.807, 2.05) is 0 Å². The second-order valence-electron chi connectivity index (χ2n) is 2.64. The summed E-state index contributed by atoms with van der Waals surface area (Å²) in [5.41, 5.74) is 0.410. The summed E-state index contributed by atoms with van der Waals surface area (Å²) in [6.45, 7) is 0. The predicted molar refractivity (Wildman–Crippen MR) is 66.0 cm³/mol. The Morgan fingerprint density at radius 2 is 2.07 bits per heavy atom. The molecule has 0 aliphatic heterocycles. The second kappa shape index (κ2) is 5.41. The van der Waals surface area contributed by atoms with Gasteiger partial charge in [0.15, 0.2) is 0 Å². The monoisotopic (exact) mass is 402 g/mol. The molecule has 0 amide bonds. The van der Waals surface area contributed by atoms with Crippen molar-refractivity contribution in [3.05, 3.63) is 33.5 Å². The van der Waals surface area contributed by atoms with Gasteiger partial charge in [0.1, 0.15) is 11.4 Å². The summed E-state index contributed by atoms with van der Waals surface area (Å²) in [4.78, 5) is 11.4. The number of carbonyl (C=O) groups is 1. The molecule has 0 aliphatic rings. The van der Waals surface area contributed by atoms with Gasteiger partial charge in [-0.05, 0) is 17.7 Å². The second-order valence-corrected chi connectivity index (χ2v) is 6.62. The Hall–Kier alpha value is 0.0600. The molecular weight excluding hydrogens is 399 g/mol. The fraction of sp³-hybridized carbons (Fsp3) is 0.222. The van der Waals surface area contributed by atoms with Crippen LogP contribution in [-0.4, -0.2) is 13.1 Å². The van der Waals surface area contributed by atoms with Crippen molar-refractivity contribution in [1.29, 1.82) is 0 Å². The Bertz CT molecular complexity index is 393. The predicted octanol–water partition coefficient (Wildman–Crippen LogP) is 4.16. The number of hydrogen-bond acceptors (Lipinski definition) is 2. The van der Waals surface area contributed by atoms with Gasteiger partial charge in [0.25, 0.3) is 0 Å². The molecular formula is C9H6Br3FO2. The van der Waals surface area contributed by atoms with Crippen LogP contribution < -0.4 is 0 Å². The molecule has 82 valence electrons. The van der Waals surface area contributed by atoms with Crippen LogP contribution in [0.25, 0.3) is 0 Å². The Morgan fingerprint density at radius 3 is 2.53 bits per heavy atom. The van der Waals surface area contributed by atoms with Gasteiger partial charge in [0.05, 0.1) is 10.8 Å². The first-order valence-electron chi connectivity index (χ1n) is 3.82. The molecule has 0 radical (unpaired) electrons. The number of alkyl halides is 2. The number of methoxy groups -OCH3 is 1. The number of ether oxygens (including phenoxy) is 1. The highest BCUT2D eigenvalue weighted by Gasteiger charge is 2.21. The van der Waals surface area contributed by atoms with Gasteiger partial charge in [0, 0.05) is 4.47 Å². The molecule has 1 rings (SSSR count). The maximum Gasteiger partial charge on any atom is 0.341 e. The summed E-state index contributed by atoms with van der Waals surface area (Å²) in [6.07, 6.45) is 0. The number of esters is 1. The van der Waals surface area contributed by atoms with E-state index >= 15 is 0 Å². The van der Waals surface area contributed by atoms with E-state index < -0.39 is 11.8 Å². The van der Waals surface area contributed by atoms with Crippen molar-refractivity contribution in [2.45, 2.75) is 3.74 Å². The van der Waals surface area contributed by atoms with Crippen LogP contribution in [0.15, 0.2) is 16.6 Å². The van der Waals surface area contributed by atoms with Gasteiger partial charge in [-0.3, -0.25) is 0 Å². The molecule has 0 heterocycles. The lowest BCUT2D eigenvalue weighted by Gasteiger charge is -2.10. The van der Waals surface area contributed by atoms with Crippen molar-refractivity contribution in [1.82, 2.24) is 0 Å². The molecule has 0 spiro atoms. The first-order valence-corrected chi connectivity index (χ1v) is 6.45. The van der Waals surface area contributed by atoms with Crippen LogP contribution in [0.5, 0.6) is 0 Å². The molecule has 0 unspecified atom stereocenters. The van der Waals surface area contributed by atoms with Crippen LogP contribution in [0.1, 0.15) is 19.7 Å². The third kappa shape index (κ3) is 3.01. The summed E-state index contributed by atoms with van der Waals surface area (Å²) < 4.78 is 18.3. The average molecular weight is 405 g/mol. The van der Waals surface area contributed by atoms with Crippen LogP contribution in [0.3, 0.4) is 0 Å². The van der Waals surface area contributed by atoms with Gasteiger partial charge in [0.2, 0.25) is 0 Å². The largest absolute Gasteiger partial charge is 0.465 e. The van der Waals surface area contributed by atoms with E-state index in [1.165, 1.54) is 13.2 Å². The minimum Gasteiger partial charge on any atom is -0.465 e. The third-order valence-electron chi connectivity index (χ3n) is 1.71. The maximum absolute atomic E-state index is 13.5. The van der Waals surface area contributed by atoms with E-state index in [2.05, 4.69) is 52.5 Å². The smallest absolute Gasteiger partial charge is 0.341 e. The first-order chi connectivity index (χ1) is 6.97. The van der Waals surface area contributed by atoms with Crippen LogP contribution in [0, 0.1) is 5.82 Å². The zero-order valence-corrected chi connectivity index (χ0v) is 12.3. The van der Waals surface area contributed by atoms with Gasteiger partial charge < -0.3 is 4.74 Å². The highest BCUT2D eigenvalue weighted by molar-refractivity contribution is 9.24. The van der Waals surface area contributed by atoms with E-state index in [4.69, 9.17) is 0 Å². The summed E-state index contributed by atoms with van der Waals surface area (Å²) in [6, 6.07) is 2.86. The highest BCUT2D eigenvalue weighted by Crippen LogP contribution is 2.35. The van der Waals surface area contributed by atoms with Crippen molar-refractivity contribution >= 4 is 53.8 Å². The first kappa shape index (κ1) is 13.1. The lowest BCUT2D eigenvalue weighted by atomic mass is 10.1. The lowest BCUT2D eigenvalue weighted by molar-refractivity contribution is 0.0594. The molecule has 2 nitrogen and oxygen atoms in total. The molecule has 0 saturated carbocycles. The normalized spacial score (nSPS) is 10.5. The quantitative estimate of drug-likeness (QED) is 0.546. The number of carbonyl (C=O) groups excluding carboxylic acids is 1. The van der Waals surface area contributed by atoms with Crippen molar-refractivity contribution in [2.75, 3.05) is 7.11 Å². The van der Waals surface area contributed by atoms with Crippen molar-refractivity contribution in [2.24, 2.45) is 0 Å². The number of halogens is 4. The molecule has 0 saturated heterocycles. The Balaban J connectivity index is 3.40. The molecule has 0 fully saturated rings. The van der Waals surface area contributed by atoms with E-state index in [0.29, 0.717) is 10.0 Å². The maximum atomic E-state index is 13.5. The topological polar surface area (TPSA) is 26.3 Å². The van der Waals surface area contributed by atoms with Gasteiger partial charge >= 0.3 is 5.97 Å². The Morgan fingerprint density at radius 1 is 1.47 bits per heavy atom. The zero-order chi connectivity index (χ0) is 11.6. The Kier molecular flexibility index (Phi) is 4.73. The fourth-order valence-corrected chi connectivity index (χ4v) is 2.25. The highest BCUT2D eigenvalue weighted by atomic mass is 79.9. The summed E-state index contributed by atoms with van der Waals surface area (Å²) in [5.74, 6) is -1.31. The molecule has 6 heteroatoms. The SMILES string of the molecule is COC(=O)c1c(F)cc(Br)cc1C(Br)Br. The molecule has 15 heavy (non-hydrogen) atoms. The van der Waals surface area contributed by atoms with E-state index in [1.54, 1.807) is 6.07 Å². The molecule has 1 aromatic rings. The summed E-state index contributed by atoms with van der Waals surface area (Å²) >= 11 is 9.59. The van der Waals surface area contributed by atoms with Gasteiger partial charge in [-0.25, -0.2) is 9.18 Å². The molecule has 0 aromatic heterocycles. The minimum atomic E-state index is -0.695. The van der Waals surface area contributed by atoms with Crippen LogP contribution in [0.2, 0.25) is 0 Å². The van der Waals surface area contributed by atoms with Crippen LogP contribution in [-0.2, 0) is 4.74 Å². The van der Waals surface area contributed by atoms with Gasteiger partial charge in [-0.15, -0.1) is 0 Å². The molecule has 1 aromatic carbocycles. The van der Waals surface area contributed by atoms with Gasteiger partial charge in [-0.2, -0.15) is 0 Å². The third-order valence-corrected chi connectivity index (χ3v) is 3.15. The number of hydrogen-bond donors (Lipinski definition) is 0. The van der Waals surface area contributed by atoms with Crippen molar-refractivity contribution in [3.8, 4) is 0 Å². The average Bonchev–Trinajstić information content (AvgIpc) is 2.15. The molecule has 0 N–H and O–H groups in total. The van der Waals surface area contributed by atoms with Gasteiger partial charge in [-0.1, -0.05) is 47.8 Å². The van der Waals surface area contributed by atoms with E-state index in [0.717, 1.165) is 0 Å².